The first kappa shape index (κ1) is 31.7. The normalized spacial score (nSPS) is 18.3. The summed E-state index contributed by atoms with van der Waals surface area (Å²) in [5.74, 6) is -1.79. The molecule has 0 amide bonds. The van der Waals surface area contributed by atoms with Crippen LogP contribution in [0.3, 0.4) is 0 Å². The molecule has 1 saturated heterocycles. The minimum atomic E-state index is -2.51. The van der Waals surface area contributed by atoms with E-state index < -0.39 is 11.5 Å². The van der Waals surface area contributed by atoms with Crippen molar-refractivity contribution in [3.63, 3.8) is 0 Å². The van der Waals surface area contributed by atoms with Crippen molar-refractivity contribution in [2.75, 3.05) is 18.4 Å². The van der Waals surface area contributed by atoms with Gasteiger partial charge >= 0.3 is 0 Å². The number of pyridine rings is 1. The van der Waals surface area contributed by atoms with E-state index >= 15 is 0 Å². The number of rotatable bonds is 8. The number of hydrogen-bond donors (Lipinski definition) is 2. The zero-order valence-electron chi connectivity index (χ0n) is 24.9. The molecule has 0 bridgehead atoms. The molecule has 14 heteroatoms. The van der Waals surface area contributed by atoms with E-state index in [0.717, 1.165) is 25.9 Å². The van der Waals surface area contributed by atoms with Crippen molar-refractivity contribution in [2.24, 2.45) is 0 Å². The van der Waals surface area contributed by atoms with E-state index in [2.05, 4.69) is 36.8 Å². The fourth-order valence-electron chi connectivity index (χ4n) is 6.13. The van der Waals surface area contributed by atoms with Crippen molar-refractivity contribution in [3.05, 3.63) is 65.5 Å². The SMILES string of the molecule is C=CCn1c(=O)c2cnc(Nc3cnn(C4CCN(C5CCC(F)(F)CC5)CC4)c3)nc2n1-c1cccc(C(C)(C)O)n1.Cl. The second kappa shape index (κ2) is 12.4. The van der Waals surface area contributed by atoms with E-state index in [-0.39, 0.29) is 49.4 Å². The molecule has 1 aliphatic carbocycles. The van der Waals surface area contributed by atoms with Gasteiger partial charge in [0.1, 0.15) is 11.0 Å². The maximum Gasteiger partial charge on any atom is 0.278 e. The van der Waals surface area contributed by atoms with Gasteiger partial charge in [-0.05, 0) is 51.7 Å². The topological polar surface area (TPSA) is 119 Å². The molecule has 0 atom stereocenters. The molecule has 0 unspecified atom stereocenters. The van der Waals surface area contributed by atoms with Crippen LogP contribution < -0.4 is 10.9 Å². The van der Waals surface area contributed by atoms with Crippen LogP contribution in [-0.2, 0) is 12.1 Å². The number of piperidine rings is 1. The summed E-state index contributed by atoms with van der Waals surface area (Å²) in [6.07, 6.45) is 9.63. The van der Waals surface area contributed by atoms with Crippen LogP contribution in [0, 0.1) is 0 Å². The predicted octanol–water partition coefficient (Wildman–Crippen LogP) is 4.97. The number of fused-ring (bicyclic) bond motifs is 1. The molecular formula is C30H38ClF2N9O2. The molecule has 4 aromatic rings. The average Bonchev–Trinajstić information content (AvgIpc) is 3.55. The lowest BCUT2D eigenvalue weighted by Crippen LogP contribution is -2.45. The number of aliphatic hydroxyl groups is 1. The lowest BCUT2D eigenvalue weighted by molar-refractivity contribution is -0.0566. The monoisotopic (exact) mass is 629 g/mol. The summed E-state index contributed by atoms with van der Waals surface area (Å²) in [5.41, 5.74) is 0.0746. The Morgan fingerprint density at radius 3 is 2.52 bits per heavy atom. The molecule has 6 rings (SSSR count). The van der Waals surface area contributed by atoms with Crippen LogP contribution in [0.15, 0.2) is 54.2 Å². The summed E-state index contributed by atoms with van der Waals surface area (Å²) in [4.78, 5) is 29.3. The molecule has 1 aliphatic heterocycles. The number of allylic oxidation sites excluding steroid dienone is 1. The quantitative estimate of drug-likeness (QED) is 0.262. The molecule has 44 heavy (non-hydrogen) atoms. The minimum Gasteiger partial charge on any atom is -0.384 e. The molecule has 2 N–H and O–H groups in total. The molecule has 0 spiro atoms. The van der Waals surface area contributed by atoms with E-state index in [1.165, 1.54) is 10.9 Å². The largest absolute Gasteiger partial charge is 0.384 e. The Morgan fingerprint density at radius 1 is 1.11 bits per heavy atom. The maximum atomic E-state index is 13.6. The smallest absolute Gasteiger partial charge is 0.278 e. The molecule has 2 fully saturated rings. The van der Waals surface area contributed by atoms with E-state index in [4.69, 9.17) is 0 Å². The highest BCUT2D eigenvalue weighted by molar-refractivity contribution is 5.85. The lowest BCUT2D eigenvalue weighted by Gasteiger charge is -2.40. The zero-order valence-corrected chi connectivity index (χ0v) is 25.7. The predicted molar refractivity (Wildman–Crippen MR) is 166 cm³/mol. The summed E-state index contributed by atoms with van der Waals surface area (Å²) in [6, 6.07) is 5.71. The summed E-state index contributed by atoms with van der Waals surface area (Å²) in [5, 5.41) is 18.6. The van der Waals surface area contributed by atoms with E-state index in [0.29, 0.717) is 47.0 Å². The Hall–Kier alpha value is -3.68. The second-order valence-electron chi connectivity index (χ2n) is 12.0. The molecule has 236 valence electrons. The van der Waals surface area contributed by atoms with Crippen molar-refractivity contribution in [2.45, 2.75) is 82.5 Å². The summed E-state index contributed by atoms with van der Waals surface area (Å²) in [7, 11) is 0. The van der Waals surface area contributed by atoms with Crippen LogP contribution in [0.1, 0.15) is 64.1 Å². The Bertz CT molecular complexity index is 1680. The van der Waals surface area contributed by atoms with E-state index in [1.807, 2.05) is 10.9 Å². The number of likely N-dealkylation sites (tertiary alicyclic amines) is 1. The summed E-state index contributed by atoms with van der Waals surface area (Å²) >= 11 is 0. The summed E-state index contributed by atoms with van der Waals surface area (Å²) in [6.45, 7) is 9.05. The van der Waals surface area contributed by atoms with Gasteiger partial charge in [0.25, 0.3) is 5.56 Å². The van der Waals surface area contributed by atoms with Gasteiger partial charge in [0, 0.05) is 44.4 Å². The third-order valence-corrected chi connectivity index (χ3v) is 8.49. The number of nitrogens with zero attached hydrogens (tertiary/aromatic N) is 8. The van der Waals surface area contributed by atoms with Crippen LogP contribution in [-0.4, -0.2) is 69.2 Å². The third kappa shape index (κ3) is 6.40. The number of hydrogen-bond acceptors (Lipinski definition) is 8. The first-order valence-electron chi connectivity index (χ1n) is 14.8. The van der Waals surface area contributed by atoms with Crippen molar-refractivity contribution in [1.29, 1.82) is 0 Å². The zero-order chi connectivity index (χ0) is 30.4. The second-order valence-corrected chi connectivity index (χ2v) is 12.0. The van der Waals surface area contributed by atoms with Crippen molar-refractivity contribution in [3.8, 4) is 5.82 Å². The minimum absolute atomic E-state index is 0. The number of anilines is 2. The van der Waals surface area contributed by atoms with Gasteiger partial charge in [0.05, 0.1) is 30.2 Å². The number of nitrogens with one attached hydrogen (secondary N) is 1. The van der Waals surface area contributed by atoms with Crippen LogP contribution in [0.2, 0.25) is 0 Å². The Kier molecular flexibility index (Phi) is 8.92. The van der Waals surface area contributed by atoms with Gasteiger partial charge in [-0.15, -0.1) is 19.0 Å². The van der Waals surface area contributed by atoms with Gasteiger partial charge in [-0.1, -0.05) is 12.1 Å². The van der Waals surface area contributed by atoms with Gasteiger partial charge in [0.15, 0.2) is 11.5 Å². The molecular weight excluding hydrogens is 592 g/mol. The highest BCUT2D eigenvalue weighted by Crippen LogP contribution is 2.36. The number of halogens is 3. The van der Waals surface area contributed by atoms with Gasteiger partial charge in [0.2, 0.25) is 11.9 Å². The standard InChI is InChI=1S/C30H37F2N9O2.ClH/c1-4-14-40-27(42)23-18-33-28(37-26(23)41(40)25-7-5-6-24(36-25)29(2,3)43)35-20-17-34-39(19-20)22-10-15-38(16-11-22)21-8-12-30(31,32)13-9-21;/h4-7,17-19,21-22,43H,1,8-16H2,2-3H3,(H,33,35,37);1H. The van der Waals surface area contributed by atoms with Crippen LogP contribution in [0.25, 0.3) is 16.9 Å². The van der Waals surface area contributed by atoms with Crippen molar-refractivity contribution >= 4 is 35.1 Å². The highest BCUT2D eigenvalue weighted by atomic mass is 35.5. The van der Waals surface area contributed by atoms with Gasteiger partial charge < -0.3 is 15.3 Å². The fourth-order valence-corrected chi connectivity index (χ4v) is 6.13. The molecule has 4 aromatic heterocycles. The first-order valence-corrected chi connectivity index (χ1v) is 14.8. The Labute approximate surface area is 260 Å². The van der Waals surface area contributed by atoms with E-state index in [1.54, 1.807) is 49.0 Å². The Balaban J connectivity index is 0.00000384. The molecule has 0 radical (unpaired) electrons. The van der Waals surface area contributed by atoms with Crippen LogP contribution in [0.5, 0.6) is 0 Å². The van der Waals surface area contributed by atoms with Crippen LogP contribution >= 0.6 is 12.4 Å². The maximum absolute atomic E-state index is 13.6. The van der Waals surface area contributed by atoms with Crippen molar-refractivity contribution < 1.29 is 13.9 Å². The highest BCUT2D eigenvalue weighted by Gasteiger charge is 2.38. The van der Waals surface area contributed by atoms with Gasteiger partial charge in [-0.2, -0.15) is 10.1 Å². The van der Waals surface area contributed by atoms with E-state index in [9.17, 15) is 18.7 Å². The molecule has 2 aliphatic rings. The lowest BCUT2D eigenvalue weighted by atomic mass is 9.89. The molecule has 5 heterocycles. The number of aromatic nitrogens is 7. The average molecular weight is 630 g/mol. The summed E-state index contributed by atoms with van der Waals surface area (Å²) < 4.78 is 32.2. The van der Waals surface area contributed by atoms with Crippen LogP contribution in [0.4, 0.5) is 20.4 Å². The third-order valence-electron chi connectivity index (χ3n) is 8.49. The first-order chi connectivity index (χ1) is 20.5. The molecule has 0 aromatic carbocycles. The molecule has 11 nitrogen and oxygen atoms in total. The van der Waals surface area contributed by atoms with Gasteiger partial charge in [-0.25, -0.2) is 28.1 Å². The van der Waals surface area contributed by atoms with Crippen molar-refractivity contribution in [1.82, 2.24) is 39.0 Å². The molecule has 1 saturated carbocycles. The van der Waals surface area contributed by atoms with Gasteiger partial charge in [-0.3, -0.25) is 9.48 Å². The number of alkyl halides is 2. The Morgan fingerprint density at radius 2 is 1.84 bits per heavy atom. The fraction of sp³-hybridized carbons (Fsp3) is 0.500.